The summed E-state index contributed by atoms with van der Waals surface area (Å²) in [4.78, 5) is 12.7. The van der Waals surface area contributed by atoms with E-state index < -0.39 is 0 Å². The Morgan fingerprint density at radius 3 is 3.12 bits per heavy atom. The molecule has 2 N–H and O–H groups in total. The van der Waals surface area contributed by atoms with Crippen LogP contribution in [0.4, 0.5) is 0 Å². The second kappa shape index (κ2) is 5.98. The Morgan fingerprint density at radius 2 is 2.47 bits per heavy atom. The van der Waals surface area contributed by atoms with E-state index in [1.54, 1.807) is 0 Å². The maximum atomic E-state index is 11.8. The zero-order chi connectivity index (χ0) is 12.1. The van der Waals surface area contributed by atoms with Crippen LogP contribution < -0.4 is 10.6 Å². The number of hydrogen-bond acceptors (Lipinski definition) is 3. The highest BCUT2D eigenvalue weighted by Gasteiger charge is 2.10. The Morgan fingerprint density at radius 1 is 1.59 bits per heavy atom. The van der Waals surface area contributed by atoms with E-state index in [1.165, 1.54) is 16.9 Å². The van der Waals surface area contributed by atoms with Gasteiger partial charge in [0.05, 0.1) is 4.88 Å². The van der Waals surface area contributed by atoms with Gasteiger partial charge in [-0.15, -0.1) is 11.3 Å². The topological polar surface area (TPSA) is 41.1 Å². The summed E-state index contributed by atoms with van der Waals surface area (Å²) in [5.41, 5.74) is 2.51. The summed E-state index contributed by atoms with van der Waals surface area (Å²) in [6, 6.07) is 1.98. The largest absolute Gasteiger partial charge is 0.351 e. The molecule has 0 saturated carbocycles. The molecule has 0 aliphatic carbocycles. The normalized spacial score (nSPS) is 15.5. The Labute approximate surface area is 106 Å². The fourth-order valence-electron chi connectivity index (χ4n) is 1.92. The Kier molecular flexibility index (Phi) is 4.34. The molecule has 0 fully saturated rings. The van der Waals surface area contributed by atoms with Crippen molar-refractivity contribution in [1.29, 1.82) is 0 Å². The lowest BCUT2D eigenvalue weighted by Gasteiger charge is -2.14. The maximum absolute atomic E-state index is 11.8. The van der Waals surface area contributed by atoms with Crippen LogP contribution in [0.2, 0.25) is 0 Å². The van der Waals surface area contributed by atoms with Crippen molar-refractivity contribution < 1.29 is 4.79 Å². The number of carbonyl (C=O) groups is 1. The maximum Gasteiger partial charge on any atom is 0.261 e. The Balaban J connectivity index is 1.77. The van der Waals surface area contributed by atoms with Gasteiger partial charge in [0.25, 0.3) is 5.91 Å². The van der Waals surface area contributed by atoms with E-state index in [-0.39, 0.29) is 5.91 Å². The SMILES string of the molecule is Cc1ccsc1C(=O)NCCC1=CCNCC1. The minimum atomic E-state index is 0.0621. The van der Waals surface area contributed by atoms with Gasteiger partial charge in [-0.3, -0.25) is 4.79 Å². The lowest BCUT2D eigenvalue weighted by Crippen LogP contribution is -2.26. The highest BCUT2D eigenvalue weighted by molar-refractivity contribution is 7.12. The lowest BCUT2D eigenvalue weighted by atomic mass is 10.1. The van der Waals surface area contributed by atoms with Gasteiger partial charge in [0, 0.05) is 13.1 Å². The third kappa shape index (κ3) is 3.41. The van der Waals surface area contributed by atoms with Crippen LogP contribution in [0.3, 0.4) is 0 Å². The van der Waals surface area contributed by atoms with Gasteiger partial charge in [-0.25, -0.2) is 0 Å². The summed E-state index contributed by atoms with van der Waals surface area (Å²) in [5.74, 6) is 0.0621. The van der Waals surface area contributed by atoms with Crippen LogP contribution in [0.1, 0.15) is 28.1 Å². The van der Waals surface area contributed by atoms with Crippen LogP contribution in [-0.4, -0.2) is 25.5 Å². The van der Waals surface area contributed by atoms with Gasteiger partial charge in [0.2, 0.25) is 0 Å². The van der Waals surface area contributed by atoms with Crippen LogP contribution >= 0.6 is 11.3 Å². The Bertz CT molecular complexity index is 423. The van der Waals surface area contributed by atoms with Crippen LogP contribution in [0, 0.1) is 6.92 Å². The van der Waals surface area contributed by atoms with Gasteiger partial charge in [0.15, 0.2) is 0 Å². The van der Waals surface area contributed by atoms with Crippen molar-refractivity contribution >= 4 is 17.2 Å². The molecule has 0 atom stereocenters. The molecule has 1 aromatic heterocycles. The molecular formula is C13H18N2OS. The van der Waals surface area contributed by atoms with Crippen molar-refractivity contribution in [3.63, 3.8) is 0 Å². The number of amides is 1. The lowest BCUT2D eigenvalue weighted by molar-refractivity contribution is 0.0957. The van der Waals surface area contributed by atoms with Crippen molar-refractivity contribution in [2.24, 2.45) is 0 Å². The standard InChI is InChI=1S/C13H18N2OS/c1-10-5-9-17-12(10)13(16)15-8-4-11-2-6-14-7-3-11/h2,5,9,14H,3-4,6-8H2,1H3,(H,15,16). The first-order valence-corrected chi connectivity index (χ1v) is 6.86. The summed E-state index contributed by atoms with van der Waals surface area (Å²) in [7, 11) is 0. The highest BCUT2D eigenvalue weighted by atomic mass is 32.1. The molecule has 0 radical (unpaired) electrons. The predicted molar refractivity (Wildman–Crippen MR) is 71.6 cm³/mol. The average Bonchev–Trinajstić information content (AvgIpc) is 2.77. The third-order valence-corrected chi connectivity index (χ3v) is 3.97. The number of carbonyl (C=O) groups excluding carboxylic acids is 1. The predicted octanol–water partition coefficient (Wildman–Crippen LogP) is 2.10. The quantitative estimate of drug-likeness (QED) is 0.803. The van der Waals surface area contributed by atoms with Crippen molar-refractivity contribution in [3.8, 4) is 0 Å². The molecule has 1 aliphatic heterocycles. The van der Waals surface area contributed by atoms with Crippen LogP contribution in [-0.2, 0) is 0 Å². The van der Waals surface area contributed by atoms with Gasteiger partial charge in [-0.2, -0.15) is 0 Å². The van der Waals surface area contributed by atoms with Crippen LogP contribution in [0.25, 0.3) is 0 Å². The first kappa shape index (κ1) is 12.3. The molecule has 2 rings (SSSR count). The minimum Gasteiger partial charge on any atom is -0.351 e. The van der Waals surface area contributed by atoms with E-state index in [9.17, 15) is 4.79 Å². The van der Waals surface area contributed by atoms with Crippen molar-refractivity contribution in [2.75, 3.05) is 19.6 Å². The van der Waals surface area contributed by atoms with E-state index in [4.69, 9.17) is 0 Å². The summed E-state index contributed by atoms with van der Waals surface area (Å²) in [6.45, 7) is 4.74. The number of rotatable bonds is 4. The molecule has 1 amide bonds. The molecule has 92 valence electrons. The second-order valence-electron chi connectivity index (χ2n) is 4.26. The fourth-order valence-corrected chi connectivity index (χ4v) is 2.76. The van der Waals surface area contributed by atoms with Gasteiger partial charge < -0.3 is 10.6 Å². The molecule has 1 aromatic rings. The summed E-state index contributed by atoms with van der Waals surface area (Å²) < 4.78 is 0. The molecule has 17 heavy (non-hydrogen) atoms. The molecule has 0 aromatic carbocycles. The van der Waals surface area contributed by atoms with Gasteiger partial charge in [-0.05, 0) is 43.3 Å². The third-order valence-electron chi connectivity index (χ3n) is 2.96. The first-order chi connectivity index (χ1) is 8.27. The van der Waals surface area contributed by atoms with E-state index in [1.807, 2.05) is 18.4 Å². The molecule has 3 nitrogen and oxygen atoms in total. The van der Waals surface area contributed by atoms with Gasteiger partial charge in [-0.1, -0.05) is 11.6 Å². The first-order valence-electron chi connectivity index (χ1n) is 5.98. The van der Waals surface area contributed by atoms with E-state index >= 15 is 0 Å². The number of aryl methyl sites for hydroxylation is 1. The molecular weight excluding hydrogens is 232 g/mol. The number of nitrogens with one attached hydrogen (secondary N) is 2. The van der Waals surface area contributed by atoms with Crippen molar-refractivity contribution in [1.82, 2.24) is 10.6 Å². The van der Waals surface area contributed by atoms with Crippen molar-refractivity contribution in [3.05, 3.63) is 33.5 Å². The smallest absolute Gasteiger partial charge is 0.261 e. The van der Waals surface area contributed by atoms with E-state index in [0.29, 0.717) is 0 Å². The Hall–Kier alpha value is -1.13. The molecule has 0 unspecified atom stereocenters. The van der Waals surface area contributed by atoms with E-state index in [2.05, 4.69) is 16.7 Å². The monoisotopic (exact) mass is 250 g/mol. The molecule has 1 aliphatic rings. The molecule has 4 heteroatoms. The number of thiophene rings is 1. The highest BCUT2D eigenvalue weighted by Crippen LogP contribution is 2.15. The fraction of sp³-hybridized carbons (Fsp3) is 0.462. The molecule has 2 heterocycles. The van der Waals surface area contributed by atoms with Gasteiger partial charge >= 0.3 is 0 Å². The zero-order valence-electron chi connectivity index (χ0n) is 10.1. The second-order valence-corrected chi connectivity index (χ2v) is 5.17. The minimum absolute atomic E-state index is 0.0621. The average molecular weight is 250 g/mol. The van der Waals surface area contributed by atoms with Crippen LogP contribution in [0.15, 0.2) is 23.1 Å². The number of hydrogen-bond donors (Lipinski definition) is 2. The molecule has 0 spiro atoms. The van der Waals surface area contributed by atoms with Crippen LogP contribution in [0.5, 0.6) is 0 Å². The summed E-state index contributed by atoms with van der Waals surface area (Å²) >= 11 is 1.51. The van der Waals surface area contributed by atoms with Gasteiger partial charge in [0.1, 0.15) is 0 Å². The summed E-state index contributed by atoms with van der Waals surface area (Å²) in [5, 5.41) is 8.22. The zero-order valence-corrected chi connectivity index (χ0v) is 10.9. The van der Waals surface area contributed by atoms with Crippen molar-refractivity contribution in [2.45, 2.75) is 19.8 Å². The summed E-state index contributed by atoms with van der Waals surface area (Å²) in [6.07, 6.45) is 4.30. The molecule has 0 bridgehead atoms. The van der Waals surface area contributed by atoms with E-state index in [0.717, 1.165) is 42.9 Å². The molecule has 0 saturated heterocycles.